The Morgan fingerprint density at radius 1 is 1.11 bits per heavy atom. The Hall–Kier alpha value is -2.23. The average Bonchev–Trinajstić information content (AvgIpc) is 2.40. The number of rotatable bonds is 1. The third-order valence-electron chi connectivity index (χ3n) is 3.33. The van der Waals surface area contributed by atoms with Crippen LogP contribution in [0.4, 0.5) is 0 Å². The molecule has 0 spiro atoms. The largest absolute Gasteiger partial charge is 0.294 e. The molecule has 0 saturated carbocycles. The lowest BCUT2D eigenvalue weighted by atomic mass is 9.82. The number of nitrogens with one attached hydrogen (secondary N) is 1. The first-order chi connectivity index (χ1) is 8.74. The molecule has 4 nitrogen and oxygen atoms in total. The standard InChI is InChI=1S/C14H12N2O2/c17-13-7-10(9-4-2-1-3-5-9)6-12-11(13)8-14(18)16-15-12/h1-5,8,10H,6-7H2,(H,16,18). The summed E-state index contributed by atoms with van der Waals surface area (Å²) in [5, 5.41) is 6.38. The van der Waals surface area contributed by atoms with Gasteiger partial charge in [-0.3, -0.25) is 9.59 Å². The summed E-state index contributed by atoms with van der Waals surface area (Å²) in [6, 6.07) is 11.3. The van der Waals surface area contributed by atoms with Crippen LogP contribution in [0.3, 0.4) is 0 Å². The van der Waals surface area contributed by atoms with Gasteiger partial charge in [0, 0.05) is 18.1 Å². The van der Waals surface area contributed by atoms with E-state index in [4.69, 9.17) is 0 Å². The molecule has 0 fully saturated rings. The molecular weight excluding hydrogens is 228 g/mol. The number of fused-ring (bicyclic) bond motifs is 1. The number of Topliss-reactive ketones (excluding diaryl/α,β-unsaturated/α-hetero) is 1. The van der Waals surface area contributed by atoms with Crippen molar-refractivity contribution in [1.82, 2.24) is 10.2 Å². The summed E-state index contributed by atoms with van der Waals surface area (Å²) < 4.78 is 0. The Morgan fingerprint density at radius 2 is 1.89 bits per heavy atom. The minimum atomic E-state index is -0.319. The zero-order valence-electron chi connectivity index (χ0n) is 9.72. The van der Waals surface area contributed by atoms with Crippen LogP contribution in [0.2, 0.25) is 0 Å². The van der Waals surface area contributed by atoms with Crippen LogP contribution in [0.5, 0.6) is 0 Å². The lowest BCUT2D eigenvalue weighted by Crippen LogP contribution is -2.24. The van der Waals surface area contributed by atoms with E-state index >= 15 is 0 Å². The maximum Gasteiger partial charge on any atom is 0.264 e. The number of aromatic amines is 1. The Kier molecular flexibility index (Phi) is 2.55. The molecule has 1 aliphatic carbocycles. The van der Waals surface area contributed by atoms with Crippen LogP contribution in [0, 0.1) is 0 Å². The van der Waals surface area contributed by atoms with E-state index in [9.17, 15) is 9.59 Å². The Morgan fingerprint density at radius 3 is 2.67 bits per heavy atom. The van der Waals surface area contributed by atoms with Crippen LogP contribution in [0.15, 0.2) is 41.2 Å². The van der Waals surface area contributed by atoms with Gasteiger partial charge in [-0.05, 0) is 17.9 Å². The van der Waals surface area contributed by atoms with Crippen molar-refractivity contribution in [3.8, 4) is 0 Å². The third kappa shape index (κ3) is 1.86. The van der Waals surface area contributed by atoms with Crippen LogP contribution < -0.4 is 5.56 Å². The molecule has 18 heavy (non-hydrogen) atoms. The van der Waals surface area contributed by atoms with E-state index in [2.05, 4.69) is 10.2 Å². The lowest BCUT2D eigenvalue weighted by molar-refractivity contribution is 0.0962. The smallest absolute Gasteiger partial charge is 0.264 e. The number of aromatic nitrogens is 2. The first-order valence-electron chi connectivity index (χ1n) is 5.91. The van der Waals surface area contributed by atoms with Gasteiger partial charge in [-0.1, -0.05) is 30.3 Å². The fourth-order valence-corrected chi connectivity index (χ4v) is 2.43. The fourth-order valence-electron chi connectivity index (χ4n) is 2.43. The number of carbonyl (C=O) groups is 1. The molecule has 4 heteroatoms. The molecule has 0 radical (unpaired) electrons. The van der Waals surface area contributed by atoms with Gasteiger partial charge in [0.15, 0.2) is 5.78 Å². The fraction of sp³-hybridized carbons (Fsp3) is 0.214. The number of nitrogens with zero attached hydrogens (tertiary/aromatic N) is 1. The maximum atomic E-state index is 12.0. The summed E-state index contributed by atoms with van der Waals surface area (Å²) in [4.78, 5) is 23.2. The Labute approximate surface area is 104 Å². The molecule has 1 aromatic carbocycles. The summed E-state index contributed by atoms with van der Waals surface area (Å²) in [7, 11) is 0. The summed E-state index contributed by atoms with van der Waals surface area (Å²) in [5.41, 5.74) is 2.00. The molecule has 90 valence electrons. The number of H-pyrrole nitrogens is 1. The first-order valence-corrected chi connectivity index (χ1v) is 5.91. The maximum absolute atomic E-state index is 12.0. The van der Waals surface area contributed by atoms with Crippen LogP contribution in [-0.2, 0) is 6.42 Å². The van der Waals surface area contributed by atoms with E-state index in [1.54, 1.807) is 0 Å². The number of hydrogen-bond donors (Lipinski definition) is 1. The minimum absolute atomic E-state index is 0.00343. The van der Waals surface area contributed by atoms with Gasteiger partial charge >= 0.3 is 0 Å². The molecule has 0 bridgehead atoms. The molecule has 1 N–H and O–H groups in total. The highest BCUT2D eigenvalue weighted by molar-refractivity contribution is 5.98. The second-order valence-corrected chi connectivity index (χ2v) is 4.53. The highest BCUT2D eigenvalue weighted by Crippen LogP contribution is 2.30. The summed E-state index contributed by atoms with van der Waals surface area (Å²) in [6.07, 6.45) is 1.14. The first kappa shape index (κ1) is 10.9. The SMILES string of the molecule is O=C1CC(c2ccccc2)Cc2n[nH]c(=O)cc21. The van der Waals surface area contributed by atoms with Crippen molar-refractivity contribution in [2.75, 3.05) is 0 Å². The Balaban J connectivity index is 2.00. The molecule has 2 aromatic rings. The molecule has 0 aliphatic heterocycles. The third-order valence-corrected chi connectivity index (χ3v) is 3.33. The molecule has 1 heterocycles. The number of carbonyl (C=O) groups excluding carboxylic acids is 1. The van der Waals surface area contributed by atoms with Gasteiger partial charge < -0.3 is 0 Å². The Bertz CT molecular complexity index is 646. The van der Waals surface area contributed by atoms with Gasteiger partial charge in [0.2, 0.25) is 0 Å². The van der Waals surface area contributed by atoms with Gasteiger partial charge in [-0.2, -0.15) is 5.10 Å². The van der Waals surface area contributed by atoms with E-state index in [1.165, 1.54) is 6.07 Å². The lowest BCUT2D eigenvalue weighted by Gasteiger charge is -2.22. The predicted molar refractivity (Wildman–Crippen MR) is 66.7 cm³/mol. The van der Waals surface area contributed by atoms with Gasteiger partial charge in [0.1, 0.15) is 0 Å². The number of hydrogen-bond acceptors (Lipinski definition) is 3. The van der Waals surface area contributed by atoms with Gasteiger partial charge in [-0.15, -0.1) is 0 Å². The van der Waals surface area contributed by atoms with Crippen molar-refractivity contribution in [3.05, 3.63) is 63.6 Å². The number of ketones is 1. The normalized spacial score (nSPS) is 18.4. The topological polar surface area (TPSA) is 62.8 Å². The average molecular weight is 240 g/mol. The molecule has 0 amide bonds. The molecule has 1 aromatic heterocycles. The van der Waals surface area contributed by atoms with Gasteiger partial charge in [0.05, 0.1) is 5.69 Å². The van der Waals surface area contributed by atoms with Gasteiger partial charge in [-0.25, -0.2) is 5.10 Å². The highest BCUT2D eigenvalue weighted by Gasteiger charge is 2.27. The zero-order chi connectivity index (χ0) is 12.5. The van der Waals surface area contributed by atoms with Crippen molar-refractivity contribution < 1.29 is 4.79 Å². The minimum Gasteiger partial charge on any atom is -0.294 e. The van der Waals surface area contributed by atoms with E-state index in [-0.39, 0.29) is 17.3 Å². The molecule has 1 atom stereocenters. The van der Waals surface area contributed by atoms with E-state index in [0.29, 0.717) is 24.1 Å². The van der Waals surface area contributed by atoms with Crippen LogP contribution in [0.1, 0.15) is 34.0 Å². The molecule has 3 rings (SSSR count). The van der Waals surface area contributed by atoms with Crippen molar-refractivity contribution in [1.29, 1.82) is 0 Å². The van der Waals surface area contributed by atoms with Crippen LogP contribution in [0.25, 0.3) is 0 Å². The van der Waals surface area contributed by atoms with E-state index < -0.39 is 0 Å². The van der Waals surface area contributed by atoms with Crippen molar-refractivity contribution in [2.24, 2.45) is 0 Å². The second kappa shape index (κ2) is 4.22. The van der Waals surface area contributed by atoms with Crippen molar-refractivity contribution in [3.63, 3.8) is 0 Å². The van der Waals surface area contributed by atoms with Gasteiger partial charge in [0.25, 0.3) is 5.56 Å². The van der Waals surface area contributed by atoms with E-state index in [0.717, 1.165) is 5.56 Å². The summed E-state index contributed by atoms with van der Waals surface area (Å²) >= 11 is 0. The van der Waals surface area contributed by atoms with Crippen molar-refractivity contribution >= 4 is 5.78 Å². The quantitative estimate of drug-likeness (QED) is 0.824. The molecule has 1 unspecified atom stereocenters. The summed E-state index contributed by atoms with van der Waals surface area (Å²) in [6.45, 7) is 0. The molecular formula is C14H12N2O2. The predicted octanol–water partition coefficient (Wildman–Crippen LogP) is 1.68. The zero-order valence-corrected chi connectivity index (χ0v) is 9.72. The molecule has 1 aliphatic rings. The summed E-state index contributed by atoms with van der Waals surface area (Å²) in [5.74, 6) is 0.160. The highest BCUT2D eigenvalue weighted by atomic mass is 16.1. The monoisotopic (exact) mass is 240 g/mol. The molecule has 0 saturated heterocycles. The van der Waals surface area contributed by atoms with E-state index in [1.807, 2.05) is 30.3 Å². The number of benzene rings is 1. The second-order valence-electron chi connectivity index (χ2n) is 4.53. The van der Waals surface area contributed by atoms with Crippen LogP contribution in [-0.4, -0.2) is 16.0 Å². The van der Waals surface area contributed by atoms with Crippen molar-refractivity contribution in [2.45, 2.75) is 18.8 Å². The van der Waals surface area contributed by atoms with Crippen LogP contribution >= 0.6 is 0 Å².